The van der Waals surface area contributed by atoms with Crippen LogP contribution >= 0.6 is 0 Å². The van der Waals surface area contributed by atoms with Crippen LogP contribution in [-0.2, 0) is 9.59 Å². The van der Waals surface area contributed by atoms with Gasteiger partial charge in [-0.2, -0.15) is 0 Å². The third-order valence-corrected chi connectivity index (χ3v) is 5.53. The predicted octanol–water partition coefficient (Wildman–Crippen LogP) is 3.15. The van der Waals surface area contributed by atoms with Crippen molar-refractivity contribution < 1.29 is 14.4 Å². The number of hydrogen-bond acceptors (Lipinski definition) is 3. The van der Waals surface area contributed by atoms with E-state index in [1.165, 1.54) is 23.0 Å². The van der Waals surface area contributed by atoms with Gasteiger partial charge in [0.1, 0.15) is 0 Å². The van der Waals surface area contributed by atoms with Crippen molar-refractivity contribution in [2.45, 2.75) is 20.8 Å². The minimum Gasteiger partial charge on any atom is -0.295 e. The first-order valence-electron chi connectivity index (χ1n) is 8.26. The van der Waals surface area contributed by atoms with Gasteiger partial charge in [-0.1, -0.05) is 23.3 Å². The summed E-state index contributed by atoms with van der Waals surface area (Å²) in [4.78, 5) is 38.6. The quantitative estimate of drug-likeness (QED) is 0.478. The Morgan fingerprint density at radius 3 is 1.79 bits per heavy atom. The SMILES string of the molecule is CC(=O)c1ccc(N2C(=O)[C@H]3[C@H](C2=O)[C@H]2C=C[C@H]3C2=C(C)C)cc1. The standard InChI is InChI=1S/C20H19NO3/c1-10(2)16-14-8-9-15(16)18-17(14)19(23)21(20(18)24)13-6-4-12(5-7-13)11(3)22/h4-9,14-15,17-18H,1-3H3/t14-,15-,17+,18+/m0/s1. The smallest absolute Gasteiger partial charge is 0.238 e. The zero-order valence-electron chi connectivity index (χ0n) is 13.9. The van der Waals surface area contributed by atoms with Crippen LogP contribution in [0.4, 0.5) is 5.69 Å². The highest BCUT2D eigenvalue weighted by Crippen LogP contribution is 2.57. The Hall–Kier alpha value is -2.49. The van der Waals surface area contributed by atoms with Crippen LogP contribution in [0.3, 0.4) is 0 Å². The number of rotatable bonds is 2. The lowest BCUT2D eigenvalue weighted by atomic mass is 9.85. The van der Waals surface area contributed by atoms with Crippen molar-refractivity contribution in [3.8, 4) is 0 Å². The highest BCUT2D eigenvalue weighted by atomic mass is 16.2. The number of amides is 2. The Morgan fingerprint density at radius 1 is 0.875 bits per heavy atom. The third-order valence-electron chi connectivity index (χ3n) is 5.53. The number of hydrogen-bond donors (Lipinski definition) is 0. The lowest BCUT2D eigenvalue weighted by molar-refractivity contribution is -0.122. The Labute approximate surface area is 140 Å². The first-order chi connectivity index (χ1) is 11.4. The molecule has 0 N–H and O–H groups in total. The minimum absolute atomic E-state index is 0.0343. The molecule has 1 aliphatic heterocycles. The Kier molecular flexibility index (Phi) is 3.14. The molecule has 0 spiro atoms. The summed E-state index contributed by atoms with van der Waals surface area (Å²) in [7, 11) is 0. The molecule has 122 valence electrons. The normalized spacial score (nSPS) is 30.3. The van der Waals surface area contributed by atoms with E-state index in [0.29, 0.717) is 11.3 Å². The van der Waals surface area contributed by atoms with Crippen molar-refractivity contribution in [3.05, 3.63) is 53.1 Å². The second-order valence-corrected chi connectivity index (χ2v) is 7.06. The van der Waals surface area contributed by atoms with E-state index in [2.05, 4.69) is 26.0 Å². The second kappa shape index (κ2) is 5.00. The molecule has 2 fully saturated rings. The highest BCUT2D eigenvalue weighted by molar-refractivity contribution is 6.23. The Bertz CT molecular complexity index is 793. The van der Waals surface area contributed by atoms with Gasteiger partial charge in [-0.15, -0.1) is 0 Å². The topological polar surface area (TPSA) is 54.5 Å². The molecule has 24 heavy (non-hydrogen) atoms. The van der Waals surface area contributed by atoms with Crippen molar-refractivity contribution in [1.82, 2.24) is 0 Å². The zero-order valence-corrected chi connectivity index (χ0v) is 13.9. The number of anilines is 1. The van der Waals surface area contributed by atoms with E-state index in [1.807, 2.05) is 0 Å². The van der Waals surface area contributed by atoms with Gasteiger partial charge in [0.2, 0.25) is 11.8 Å². The molecule has 1 aromatic carbocycles. The number of ketones is 1. The van der Waals surface area contributed by atoms with Crippen LogP contribution in [-0.4, -0.2) is 17.6 Å². The average molecular weight is 321 g/mol. The molecule has 1 saturated heterocycles. The first-order valence-corrected chi connectivity index (χ1v) is 8.26. The molecule has 1 saturated carbocycles. The van der Waals surface area contributed by atoms with Crippen molar-refractivity contribution >= 4 is 23.3 Å². The molecule has 0 aromatic heterocycles. The molecule has 4 rings (SSSR count). The number of allylic oxidation sites excluding steroid dienone is 4. The minimum atomic E-state index is -0.273. The fourth-order valence-electron chi connectivity index (χ4n) is 4.53. The van der Waals surface area contributed by atoms with Crippen LogP contribution in [0.25, 0.3) is 0 Å². The molecular weight excluding hydrogens is 302 g/mol. The van der Waals surface area contributed by atoms with Gasteiger partial charge >= 0.3 is 0 Å². The van der Waals surface area contributed by atoms with Gasteiger partial charge in [0.05, 0.1) is 17.5 Å². The van der Waals surface area contributed by atoms with Crippen LogP contribution < -0.4 is 4.90 Å². The van der Waals surface area contributed by atoms with E-state index in [-0.39, 0.29) is 41.3 Å². The summed E-state index contributed by atoms with van der Waals surface area (Å²) in [5, 5.41) is 0. The van der Waals surface area contributed by atoms with E-state index < -0.39 is 0 Å². The summed E-state index contributed by atoms with van der Waals surface area (Å²) in [6, 6.07) is 6.71. The number of carbonyl (C=O) groups excluding carboxylic acids is 3. The lowest BCUT2D eigenvalue weighted by Crippen LogP contribution is -2.33. The zero-order chi connectivity index (χ0) is 17.2. The number of Topliss-reactive ketones (excluding diaryl/α,β-unsaturated/α-hetero) is 1. The van der Waals surface area contributed by atoms with E-state index >= 15 is 0 Å². The van der Waals surface area contributed by atoms with E-state index in [4.69, 9.17) is 0 Å². The third kappa shape index (κ3) is 1.83. The van der Waals surface area contributed by atoms with Gasteiger partial charge in [0.25, 0.3) is 0 Å². The van der Waals surface area contributed by atoms with Crippen molar-refractivity contribution in [2.24, 2.45) is 23.7 Å². The maximum atomic E-state index is 13.0. The summed E-state index contributed by atoms with van der Waals surface area (Å²) in [6.07, 6.45) is 4.17. The average Bonchev–Trinajstić information content (AvgIpc) is 3.18. The fourth-order valence-corrected chi connectivity index (χ4v) is 4.53. The molecule has 2 aliphatic carbocycles. The Morgan fingerprint density at radius 2 is 1.38 bits per heavy atom. The fraction of sp³-hybridized carbons (Fsp3) is 0.350. The summed E-state index contributed by atoms with van der Waals surface area (Å²) in [5.41, 5.74) is 3.59. The van der Waals surface area contributed by atoms with Crippen LogP contribution in [0.5, 0.6) is 0 Å². The van der Waals surface area contributed by atoms with Crippen molar-refractivity contribution in [2.75, 3.05) is 4.90 Å². The second-order valence-electron chi connectivity index (χ2n) is 7.06. The molecule has 4 heteroatoms. The van der Waals surface area contributed by atoms with Crippen molar-refractivity contribution in [3.63, 3.8) is 0 Å². The van der Waals surface area contributed by atoms with Gasteiger partial charge in [-0.3, -0.25) is 14.4 Å². The first kappa shape index (κ1) is 15.1. The van der Waals surface area contributed by atoms with Crippen LogP contribution in [0.1, 0.15) is 31.1 Å². The van der Waals surface area contributed by atoms with Gasteiger partial charge in [0.15, 0.2) is 5.78 Å². The number of imide groups is 1. The molecule has 2 bridgehead atoms. The number of benzene rings is 1. The molecule has 3 aliphatic rings. The monoisotopic (exact) mass is 321 g/mol. The van der Waals surface area contributed by atoms with Gasteiger partial charge in [-0.25, -0.2) is 4.90 Å². The highest BCUT2D eigenvalue weighted by Gasteiger charge is 2.61. The molecule has 0 unspecified atom stereocenters. The molecule has 4 nitrogen and oxygen atoms in total. The molecular formula is C20H19NO3. The molecule has 1 heterocycles. The summed E-state index contributed by atoms with van der Waals surface area (Å²) in [6.45, 7) is 5.60. The molecule has 1 aromatic rings. The maximum Gasteiger partial charge on any atom is 0.238 e. The van der Waals surface area contributed by atoms with Gasteiger partial charge in [0, 0.05) is 17.4 Å². The number of fused-ring (bicyclic) bond motifs is 5. The van der Waals surface area contributed by atoms with Crippen LogP contribution in [0.15, 0.2) is 47.6 Å². The predicted molar refractivity (Wildman–Crippen MR) is 90.4 cm³/mol. The lowest BCUT2D eigenvalue weighted by Gasteiger charge is -2.19. The van der Waals surface area contributed by atoms with Crippen molar-refractivity contribution in [1.29, 1.82) is 0 Å². The molecule has 2 amide bonds. The van der Waals surface area contributed by atoms with E-state index in [1.54, 1.807) is 24.3 Å². The van der Waals surface area contributed by atoms with E-state index in [0.717, 1.165) is 0 Å². The molecule has 0 radical (unpaired) electrons. The van der Waals surface area contributed by atoms with Crippen LogP contribution in [0, 0.1) is 23.7 Å². The Balaban J connectivity index is 1.71. The number of carbonyl (C=O) groups is 3. The summed E-state index contributed by atoms with van der Waals surface area (Å²) in [5.74, 6) is -0.694. The van der Waals surface area contributed by atoms with Gasteiger partial charge in [-0.05, 0) is 45.0 Å². The van der Waals surface area contributed by atoms with Gasteiger partial charge < -0.3 is 0 Å². The summed E-state index contributed by atoms with van der Waals surface area (Å²) >= 11 is 0. The number of nitrogens with zero attached hydrogens (tertiary/aromatic N) is 1. The molecule has 4 atom stereocenters. The maximum absolute atomic E-state index is 13.0. The largest absolute Gasteiger partial charge is 0.295 e. The summed E-state index contributed by atoms with van der Waals surface area (Å²) < 4.78 is 0. The van der Waals surface area contributed by atoms with E-state index in [9.17, 15) is 14.4 Å². The van der Waals surface area contributed by atoms with Crippen LogP contribution in [0.2, 0.25) is 0 Å².